The van der Waals surface area contributed by atoms with Crippen LogP contribution in [0.1, 0.15) is 43.2 Å². The van der Waals surface area contributed by atoms with Crippen LogP contribution in [-0.2, 0) is 16.1 Å². The summed E-state index contributed by atoms with van der Waals surface area (Å²) in [5, 5.41) is 3.10. The zero-order valence-electron chi connectivity index (χ0n) is 14.8. The predicted molar refractivity (Wildman–Crippen MR) is 95.8 cm³/mol. The number of ether oxygens (including phenoxy) is 1. The van der Waals surface area contributed by atoms with Gasteiger partial charge in [0.05, 0.1) is 6.10 Å². The monoisotopic (exact) mass is 330 g/mol. The van der Waals surface area contributed by atoms with Gasteiger partial charge in [-0.25, -0.2) is 0 Å². The van der Waals surface area contributed by atoms with Crippen LogP contribution in [0, 0.1) is 12.8 Å². The Hall–Kier alpha value is -1.39. The number of carbonyl (C=O) groups excluding carboxylic acids is 1. The summed E-state index contributed by atoms with van der Waals surface area (Å²) < 4.78 is 5.83. The van der Waals surface area contributed by atoms with E-state index in [2.05, 4.69) is 41.4 Å². The molecule has 1 atom stereocenters. The SMILES string of the molecule is Cc1ccc(CNC(=O)C2CCN(C[C@@H]3CCCCO3)CC2)cc1. The molecule has 4 nitrogen and oxygen atoms in total. The highest BCUT2D eigenvalue weighted by Crippen LogP contribution is 2.20. The van der Waals surface area contributed by atoms with Crippen molar-refractivity contribution in [1.29, 1.82) is 0 Å². The predicted octanol–water partition coefficient (Wildman–Crippen LogP) is 2.89. The molecule has 1 amide bonds. The van der Waals surface area contributed by atoms with Crippen molar-refractivity contribution in [1.82, 2.24) is 10.2 Å². The molecule has 0 bridgehead atoms. The summed E-state index contributed by atoms with van der Waals surface area (Å²) >= 11 is 0. The summed E-state index contributed by atoms with van der Waals surface area (Å²) in [6.45, 7) is 6.70. The van der Waals surface area contributed by atoms with E-state index in [1.165, 1.54) is 30.4 Å². The number of piperidine rings is 1. The number of amides is 1. The van der Waals surface area contributed by atoms with E-state index in [9.17, 15) is 4.79 Å². The summed E-state index contributed by atoms with van der Waals surface area (Å²) in [7, 11) is 0. The Balaban J connectivity index is 1.37. The molecule has 2 saturated heterocycles. The Labute approximate surface area is 145 Å². The average molecular weight is 330 g/mol. The first-order valence-corrected chi connectivity index (χ1v) is 9.38. The van der Waals surface area contributed by atoms with Crippen LogP contribution in [0.25, 0.3) is 0 Å². The van der Waals surface area contributed by atoms with Gasteiger partial charge in [-0.1, -0.05) is 29.8 Å². The van der Waals surface area contributed by atoms with Gasteiger partial charge in [-0.05, 0) is 57.7 Å². The minimum Gasteiger partial charge on any atom is -0.377 e. The summed E-state index contributed by atoms with van der Waals surface area (Å²) in [5.41, 5.74) is 2.42. The molecule has 1 N–H and O–H groups in total. The molecule has 0 unspecified atom stereocenters. The number of benzene rings is 1. The zero-order chi connectivity index (χ0) is 16.8. The van der Waals surface area contributed by atoms with Crippen LogP contribution in [0.5, 0.6) is 0 Å². The Morgan fingerprint density at radius 1 is 1.17 bits per heavy atom. The van der Waals surface area contributed by atoms with Gasteiger partial charge in [0.25, 0.3) is 0 Å². The maximum absolute atomic E-state index is 12.4. The fraction of sp³-hybridized carbons (Fsp3) is 0.650. The lowest BCUT2D eigenvalue weighted by Crippen LogP contribution is -2.43. The molecule has 3 rings (SSSR count). The minimum absolute atomic E-state index is 0.166. The first-order valence-electron chi connectivity index (χ1n) is 9.38. The molecule has 0 spiro atoms. The molecule has 0 saturated carbocycles. The number of nitrogens with one attached hydrogen (secondary N) is 1. The van der Waals surface area contributed by atoms with Gasteiger partial charge in [0.15, 0.2) is 0 Å². The first kappa shape index (κ1) is 17.4. The third-order valence-electron chi connectivity index (χ3n) is 5.28. The number of carbonyl (C=O) groups is 1. The van der Waals surface area contributed by atoms with E-state index in [1.807, 2.05) is 0 Å². The largest absolute Gasteiger partial charge is 0.377 e. The third-order valence-corrected chi connectivity index (χ3v) is 5.28. The molecular weight excluding hydrogens is 300 g/mol. The fourth-order valence-electron chi connectivity index (χ4n) is 3.66. The van der Waals surface area contributed by atoms with E-state index in [-0.39, 0.29) is 11.8 Å². The number of aryl methyl sites for hydroxylation is 1. The second-order valence-electron chi connectivity index (χ2n) is 7.27. The van der Waals surface area contributed by atoms with Crippen molar-refractivity contribution in [3.05, 3.63) is 35.4 Å². The Bertz CT molecular complexity index is 515. The van der Waals surface area contributed by atoms with Gasteiger partial charge in [-0.3, -0.25) is 4.79 Å². The lowest BCUT2D eigenvalue weighted by atomic mass is 9.95. The van der Waals surface area contributed by atoms with E-state index in [0.717, 1.165) is 39.1 Å². The van der Waals surface area contributed by atoms with Crippen molar-refractivity contribution in [3.63, 3.8) is 0 Å². The normalized spacial score (nSPS) is 23.1. The molecule has 0 aliphatic carbocycles. The zero-order valence-corrected chi connectivity index (χ0v) is 14.8. The van der Waals surface area contributed by atoms with Gasteiger partial charge in [0.1, 0.15) is 0 Å². The molecule has 0 aromatic heterocycles. The molecule has 0 radical (unpaired) electrons. The molecule has 2 aliphatic rings. The van der Waals surface area contributed by atoms with Gasteiger partial charge >= 0.3 is 0 Å². The summed E-state index contributed by atoms with van der Waals surface area (Å²) in [6.07, 6.45) is 6.03. The van der Waals surface area contributed by atoms with Gasteiger partial charge in [0, 0.05) is 25.6 Å². The van der Waals surface area contributed by atoms with Crippen molar-refractivity contribution < 1.29 is 9.53 Å². The van der Waals surface area contributed by atoms with Crippen LogP contribution >= 0.6 is 0 Å². The highest BCUT2D eigenvalue weighted by molar-refractivity contribution is 5.78. The number of nitrogens with zero attached hydrogens (tertiary/aromatic N) is 1. The summed E-state index contributed by atoms with van der Waals surface area (Å²) in [6, 6.07) is 8.35. The van der Waals surface area contributed by atoms with Crippen molar-refractivity contribution in [2.75, 3.05) is 26.2 Å². The number of likely N-dealkylation sites (tertiary alicyclic amines) is 1. The third kappa shape index (κ3) is 5.05. The molecule has 132 valence electrons. The van der Waals surface area contributed by atoms with Gasteiger partial charge < -0.3 is 15.0 Å². The van der Waals surface area contributed by atoms with Crippen LogP contribution in [0.4, 0.5) is 0 Å². The number of rotatable bonds is 5. The van der Waals surface area contributed by atoms with Crippen LogP contribution in [0.3, 0.4) is 0 Å². The molecule has 2 fully saturated rings. The van der Waals surface area contributed by atoms with E-state index in [0.29, 0.717) is 12.6 Å². The molecule has 24 heavy (non-hydrogen) atoms. The summed E-state index contributed by atoms with van der Waals surface area (Å²) in [4.78, 5) is 14.9. The van der Waals surface area contributed by atoms with Gasteiger partial charge in [0.2, 0.25) is 5.91 Å². The van der Waals surface area contributed by atoms with Crippen LogP contribution < -0.4 is 5.32 Å². The number of hydrogen-bond donors (Lipinski definition) is 1. The highest BCUT2D eigenvalue weighted by Gasteiger charge is 2.26. The fourth-order valence-corrected chi connectivity index (χ4v) is 3.66. The molecule has 1 aromatic carbocycles. The Kier molecular flexibility index (Phi) is 6.27. The standard InChI is InChI=1S/C20H30N2O2/c1-16-5-7-17(8-6-16)14-21-20(23)18-9-11-22(12-10-18)15-19-4-2-3-13-24-19/h5-8,18-19H,2-4,9-15H2,1H3,(H,21,23)/t19-/m0/s1. The summed E-state index contributed by atoms with van der Waals surface area (Å²) in [5.74, 6) is 0.378. The topological polar surface area (TPSA) is 41.6 Å². The Morgan fingerprint density at radius 2 is 1.92 bits per heavy atom. The van der Waals surface area contributed by atoms with Gasteiger partial charge in [-0.15, -0.1) is 0 Å². The van der Waals surface area contributed by atoms with Crippen molar-refractivity contribution in [2.45, 2.75) is 51.7 Å². The van der Waals surface area contributed by atoms with Crippen molar-refractivity contribution in [3.8, 4) is 0 Å². The Morgan fingerprint density at radius 3 is 2.58 bits per heavy atom. The van der Waals surface area contributed by atoms with Crippen molar-refractivity contribution in [2.24, 2.45) is 5.92 Å². The first-order chi connectivity index (χ1) is 11.7. The lowest BCUT2D eigenvalue weighted by molar-refractivity contribution is -0.126. The molecule has 2 aliphatic heterocycles. The van der Waals surface area contributed by atoms with E-state index in [1.54, 1.807) is 0 Å². The second-order valence-corrected chi connectivity index (χ2v) is 7.27. The lowest BCUT2D eigenvalue weighted by Gasteiger charge is -2.34. The second kappa shape index (κ2) is 8.63. The smallest absolute Gasteiger partial charge is 0.223 e. The van der Waals surface area contributed by atoms with E-state index >= 15 is 0 Å². The van der Waals surface area contributed by atoms with Crippen LogP contribution in [0.2, 0.25) is 0 Å². The maximum atomic E-state index is 12.4. The maximum Gasteiger partial charge on any atom is 0.223 e. The quantitative estimate of drug-likeness (QED) is 0.902. The molecule has 2 heterocycles. The molecule has 1 aromatic rings. The van der Waals surface area contributed by atoms with E-state index in [4.69, 9.17) is 4.74 Å². The molecule has 4 heteroatoms. The van der Waals surface area contributed by atoms with Crippen LogP contribution in [0.15, 0.2) is 24.3 Å². The van der Waals surface area contributed by atoms with Crippen LogP contribution in [-0.4, -0.2) is 43.2 Å². The minimum atomic E-state index is 0.166. The van der Waals surface area contributed by atoms with Crippen molar-refractivity contribution >= 4 is 5.91 Å². The molecular formula is C20H30N2O2. The highest BCUT2D eigenvalue weighted by atomic mass is 16.5. The number of hydrogen-bond acceptors (Lipinski definition) is 3. The van der Waals surface area contributed by atoms with Gasteiger partial charge in [-0.2, -0.15) is 0 Å². The average Bonchev–Trinajstić information content (AvgIpc) is 2.62. The van der Waals surface area contributed by atoms with E-state index < -0.39 is 0 Å².